The molecule has 0 saturated carbocycles. The fourth-order valence-electron chi connectivity index (χ4n) is 1.35. The van der Waals surface area contributed by atoms with Gasteiger partial charge in [0.05, 0.1) is 10.1 Å². The van der Waals surface area contributed by atoms with Crippen LogP contribution in [-0.2, 0) is 14.6 Å². The first-order valence-corrected chi connectivity index (χ1v) is 6.52. The van der Waals surface area contributed by atoms with E-state index in [4.69, 9.17) is 4.74 Å². The first-order valence-electron chi connectivity index (χ1n) is 5.03. The number of hydrogen-bond acceptors (Lipinski definition) is 7. The Balaban J connectivity index is 2.52. The number of aldehydes is 1. The topological polar surface area (TPSA) is 113 Å². The fourth-order valence-corrected chi connectivity index (χ4v) is 2.65. The maximum Gasteiger partial charge on any atom is 0.415 e. The molecule has 100 valence electrons. The van der Waals surface area contributed by atoms with Gasteiger partial charge in [-0.05, 0) is 17.0 Å². The molecule has 1 aromatic heterocycles. The summed E-state index contributed by atoms with van der Waals surface area (Å²) in [4.78, 5) is 9.81. The zero-order valence-electron chi connectivity index (χ0n) is 9.42. The van der Waals surface area contributed by atoms with E-state index in [1.54, 1.807) is 6.07 Å². The van der Waals surface area contributed by atoms with Gasteiger partial charge in [-0.3, -0.25) is 9.42 Å². The number of ether oxygens (including phenoxy) is 1. The monoisotopic (exact) mass is 284 g/mol. The molecular weight excluding hydrogens is 276 g/mol. The van der Waals surface area contributed by atoms with E-state index in [0.29, 0.717) is 6.29 Å². The SMILES string of the molecule is O=CCOc1no[n+]([O-])c1S(=O)(=O)c1ccccc1. The molecule has 0 aliphatic carbocycles. The van der Waals surface area contributed by atoms with Crippen LogP contribution >= 0.6 is 0 Å². The molecule has 1 aromatic carbocycles. The number of nitrogens with zero attached hydrogens (tertiary/aromatic N) is 2. The summed E-state index contributed by atoms with van der Waals surface area (Å²) in [6.45, 7) is -0.441. The van der Waals surface area contributed by atoms with Crippen molar-refractivity contribution < 1.29 is 27.5 Å². The van der Waals surface area contributed by atoms with E-state index in [1.807, 2.05) is 0 Å². The Morgan fingerprint density at radius 2 is 2.05 bits per heavy atom. The van der Waals surface area contributed by atoms with Crippen molar-refractivity contribution in [1.29, 1.82) is 0 Å². The molecule has 1 heterocycles. The van der Waals surface area contributed by atoms with Crippen molar-refractivity contribution in [2.24, 2.45) is 0 Å². The van der Waals surface area contributed by atoms with Crippen LogP contribution in [0.3, 0.4) is 0 Å². The standard InChI is InChI=1S/C10H8N2O6S/c13-6-7-17-9-10(12(14)18-11-9)19(15,16)8-4-2-1-3-5-8/h1-6H,7H2. The minimum absolute atomic E-state index is 0.112. The van der Waals surface area contributed by atoms with Crippen LogP contribution in [0.2, 0.25) is 0 Å². The molecule has 0 radical (unpaired) electrons. The maximum atomic E-state index is 12.2. The smallest absolute Gasteiger partial charge is 0.415 e. The Morgan fingerprint density at radius 3 is 2.68 bits per heavy atom. The van der Waals surface area contributed by atoms with Crippen LogP contribution in [0.5, 0.6) is 5.88 Å². The van der Waals surface area contributed by atoms with E-state index in [1.165, 1.54) is 24.3 Å². The summed E-state index contributed by atoms with van der Waals surface area (Å²) in [7, 11) is -4.13. The van der Waals surface area contributed by atoms with Crippen LogP contribution in [-0.4, -0.2) is 26.5 Å². The van der Waals surface area contributed by atoms with Gasteiger partial charge in [0.15, 0.2) is 6.29 Å². The minimum atomic E-state index is -4.13. The van der Waals surface area contributed by atoms with E-state index >= 15 is 0 Å². The molecule has 0 aliphatic heterocycles. The van der Waals surface area contributed by atoms with E-state index < -0.39 is 27.4 Å². The number of benzene rings is 1. The Labute approximate surface area is 107 Å². The second-order valence-corrected chi connectivity index (χ2v) is 5.20. The van der Waals surface area contributed by atoms with Crippen LogP contribution in [0.1, 0.15) is 0 Å². The van der Waals surface area contributed by atoms with Crippen molar-refractivity contribution in [1.82, 2.24) is 5.16 Å². The molecule has 19 heavy (non-hydrogen) atoms. The summed E-state index contributed by atoms with van der Waals surface area (Å²) in [6, 6.07) is 7.25. The van der Waals surface area contributed by atoms with Crippen molar-refractivity contribution in [2.75, 3.05) is 6.61 Å². The molecule has 0 bridgehead atoms. The quantitative estimate of drug-likeness (QED) is 0.548. The van der Waals surface area contributed by atoms with E-state index in [2.05, 4.69) is 9.79 Å². The highest BCUT2D eigenvalue weighted by molar-refractivity contribution is 7.91. The molecule has 0 atom stereocenters. The predicted molar refractivity (Wildman–Crippen MR) is 58.9 cm³/mol. The van der Waals surface area contributed by atoms with Gasteiger partial charge in [-0.25, -0.2) is 8.42 Å². The van der Waals surface area contributed by atoms with Crippen LogP contribution in [0.15, 0.2) is 44.9 Å². The van der Waals surface area contributed by atoms with Gasteiger partial charge in [-0.2, -0.15) is 0 Å². The summed E-state index contributed by atoms with van der Waals surface area (Å²) >= 11 is 0. The number of aromatic nitrogens is 2. The summed E-state index contributed by atoms with van der Waals surface area (Å²) in [5, 5.41) is 13.7. The second kappa shape index (κ2) is 5.06. The lowest BCUT2D eigenvalue weighted by molar-refractivity contribution is -0.832. The highest BCUT2D eigenvalue weighted by Gasteiger charge is 2.35. The third-order valence-corrected chi connectivity index (χ3v) is 3.87. The summed E-state index contributed by atoms with van der Waals surface area (Å²) in [6.07, 6.45) is 0.392. The number of hydrogen-bond donors (Lipinski definition) is 0. The maximum absolute atomic E-state index is 12.2. The van der Waals surface area contributed by atoms with Gasteiger partial charge < -0.3 is 9.94 Å². The Morgan fingerprint density at radius 1 is 1.37 bits per heavy atom. The van der Waals surface area contributed by atoms with Gasteiger partial charge in [-0.15, -0.1) is 0 Å². The molecule has 2 rings (SSSR count). The molecule has 0 unspecified atom stereocenters. The van der Waals surface area contributed by atoms with Gasteiger partial charge in [-0.1, -0.05) is 18.2 Å². The van der Waals surface area contributed by atoms with Crippen molar-refractivity contribution in [3.05, 3.63) is 35.5 Å². The zero-order valence-corrected chi connectivity index (χ0v) is 10.2. The Bertz CT molecular complexity index is 679. The van der Waals surface area contributed by atoms with Gasteiger partial charge in [0.2, 0.25) is 0 Å². The van der Waals surface area contributed by atoms with Crippen LogP contribution in [0, 0.1) is 5.21 Å². The average molecular weight is 284 g/mol. The fraction of sp³-hybridized carbons (Fsp3) is 0.100. The Kier molecular flexibility index (Phi) is 3.47. The first kappa shape index (κ1) is 13.0. The lowest BCUT2D eigenvalue weighted by atomic mass is 10.4. The largest absolute Gasteiger partial charge is 0.447 e. The molecule has 8 nitrogen and oxygen atoms in total. The summed E-state index contributed by atoms with van der Waals surface area (Å²) < 4.78 is 33.4. The van der Waals surface area contributed by atoms with E-state index in [9.17, 15) is 18.4 Å². The lowest BCUT2D eigenvalue weighted by Crippen LogP contribution is -2.31. The van der Waals surface area contributed by atoms with Gasteiger partial charge in [0.1, 0.15) is 6.61 Å². The van der Waals surface area contributed by atoms with Crippen LogP contribution < -0.4 is 9.64 Å². The molecule has 0 amide bonds. The molecule has 0 saturated heterocycles. The minimum Gasteiger partial charge on any atom is -0.447 e. The van der Waals surface area contributed by atoms with Gasteiger partial charge >= 0.3 is 10.9 Å². The number of carbonyl (C=O) groups excluding carboxylic acids is 1. The Hall–Kier alpha value is -2.42. The number of rotatable bonds is 5. The van der Waals surface area contributed by atoms with Gasteiger partial charge in [0.25, 0.3) is 9.84 Å². The van der Waals surface area contributed by atoms with Crippen molar-refractivity contribution >= 4 is 16.1 Å². The van der Waals surface area contributed by atoms with Crippen LogP contribution in [0.25, 0.3) is 0 Å². The molecule has 0 aliphatic rings. The predicted octanol–water partition coefficient (Wildman–Crippen LogP) is -0.282. The number of sulfone groups is 1. The highest BCUT2D eigenvalue weighted by Crippen LogP contribution is 2.24. The lowest BCUT2D eigenvalue weighted by Gasteiger charge is -2.01. The van der Waals surface area contributed by atoms with E-state index in [-0.39, 0.29) is 9.80 Å². The molecule has 9 heteroatoms. The highest BCUT2D eigenvalue weighted by atomic mass is 32.2. The van der Waals surface area contributed by atoms with E-state index in [0.717, 1.165) is 0 Å². The third kappa shape index (κ3) is 2.40. The van der Waals surface area contributed by atoms with Gasteiger partial charge in [0, 0.05) is 0 Å². The van der Waals surface area contributed by atoms with Crippen LogP contribution in [0.4, 0.5) is 0 Å². The van der Waals surface area contributed by atoms with Crippen molar-refractivity contribution in [3.8, 4) is 5.88 Å². The normalized spacial score (nSPS) is 11.2. The third-order valence-electron chi connectivity index (χ3n) is 2.14. The summed E-state index contributed by atoms with van der Waals surface area (Å²) in [5.41, 5.74) is 0. The second-order valence-electron chi connectivity index (χ2n) is 3.33. The zero-order chi connectivity index (χ0) is 13.9. The molecule has 0 N–H and O–H groups in total. The molecule has 0 spiro atoms. The molecule has 0 fully saturated rings. The van der Waals surface area contributed by atoms with Crippen molar-refractivity contribution in [2.45, 2.75) is 9.92 Å². The average Bonchev–Trinajstić information content (AvgIpc) is 2.79. The summed E-state index contributed by atoms with van der Waals surface area (Å²) in [5.74, 6) is -0.550. The molecular formula is C10H8N2O6S. The van der Waals surface area contributed by atoms with Crippen molar-refractivity contribution in [3.63, 3.8) is 0 Å². The molecule has 2 aromatic rings. The number of carbonyl (C=O) groups is 1. The first-order chi connectivity index (χ1) is 9.07.